The largest absolute Gasteiger partial charge is 0.336 e. The summed E-state index contributed by atoms with van der Waals surface area (Å²) in [6.07, 6.45) is 2.54. The Morgan fingerprint density at radius 3 is 2.48 bits per heavy atom. The SMILES string of the molecule is Cc1cccc(N2C[C@@H](C(=O)N(C3CC3)[C@H](C)C(C)C)CC2=O)c1C. The summed E-state index contributed by atoms with van der Waals surface area (Å²) >= 11 is 0. The molecule has 1 heterocycles. The van der Waals surface area contributed by atoms with Crippen LogP contribution in [0.25, 0.3) is 0 Å². The number of hydrogen-bond donors (Lipinski definition) is 0. The van der Waals surface area contributed by atoms with Gasteiger partial charge in [0.15, 0.2) is 0 Å². The second-order valence-electron chi connectivity index (χ2n) is 8.09. The first-order valence-electron chi connectivity index (χ1n) is 9.50. The molecule has 2 amide bonds. The highest BCUT2D eigenvalue weighted by Crippen LogP contribution is 2.35. The summed E-state index contributed by atoms with van der Waals surface area (Å²) in [4.78, 5) is 29.7. The lowest BCUT2D eigenvalue weighted by atomic mass is 10.0. The van der Waals surface area contributed by atoms with Gasteiger partial charge in [-0.15, -0.1) is 0 Å². The summed E-state index contributed by atoms with van der Waals surface area (Å²) in [5, 5.41) is 0. The van der Waals surface area contributed by atoms with Crippen molar-refractivity contribution in [2.45, 2.75) is 66.0 Å². The lowest BCUT2D eigenvalue weighted by molar-refractivity contribution is -0.139. The van der Waals surface area contributed by atoms with Crippen molar-refractivity contribution < 1.29 is 9.59 Å². The zero-order valence-electron chi connectivity index (χ0n) is 16.1. The molecule has 4 heteroatoms. The van der Waals surface area contributed by atoms with E-state index < -0.39 is 0 Å². The molecule has 0 radical (unpaired) electrons. The van der Waals surface area contributed by atoms with Crippen LogP contribution in [0.1, 0.15) is 51.2 Å². The molecule has 2 aliphatic rings. The maximum Gasteiger partial charge on any atom is 0.228 e. The van der Waals surface area contributed by atoms with E-state index in [4.69, 9.17) is 0 Å². The summed E-state index contributed by atoms with van der Waals surface area (Å²) in [6, 6.07) is 6.64. The number of carbonyl (C=O) groups excluding carboxylic acids is 2. The molecule has 0 unspecified atom stereocenters. The Morgan fingerprint density at radius 2 is 1.88 bits per heavy atom. The molecule has 1 aromatic carbocycles. The Kier molecular flexibility index (Phi) is 4.90. The van der Waals surface area contributed by atoms with E-state index in [9.17, 15) is 9.59 Å². The Hall–Kier alpha value is -1.84. The topological polar surface area (TPSA) is 40.6 Å². The summed E-state index contributed by atoms with van der Waals surface area (Å²) in [7, 11) is 0. The molecule has 1 saturated heterocycles. The zero-order valence-corrected chi connectivity index (χ0v) is 16.1. The highest BCUT2D eigenvalue weighted by Gasteiger charge is 2.43. The number of hydrogen-bond acceptors (Lipinski definition) is 2. The molecule has 2 atom stereocenters. The lowest BCUT2D eigenvalue weighted by Crippen LogP contribution is -2.46. The van der Waals surface area contributed by atoms with Gasteiger partial charge < -0.3 is 9.80 Å². The summed E-state index contributed by atoms with van der Waals surface area (Å²) in [5.74, 6) is 0.454. The summed E-state index contributed by atoms with van der Waals surface area (Å²) in [5.41, 5.74) is 3.25. The first-order valence-corrected chi connectivity index (χ1v) is 9.50. The average molecular weight is 342 g/mol. The van der Waals surface area contributed by atoms with Gasteiger partial charge in [-0.25, -0.2) is 0 Å². The Morgan fingerprint density at radius 1 is 1.20 bits per heavy atom. The number of amides is 2. The van der Waals surface area contributed by atoms with Crippen molar-refractivity contribution >= 4 is 17.5 Å². The van der Waals surface area contributed by atoms with Gasteiger partial charge in [0.05, 0.1) is 5.92 Å². The van der Waals surface area contributed by atoms with Crippen molar-refractivity contribution in [3.05, 3.63) is 29.3 Å². The first kappa shape index (κ1) is 18.0. The van der Waals surface area contributed by atoms with Crippen LogP contribution in [-0.4, -0.2) is 35.3 Å². The second kappa shape index (κ2) is 6.81. The fraction of sp³-hybridized carbons (Fsp3) is 0.619. The standard InChI is InChI=1S/C21H30N2O2/c1-13(2)16(5)23(18-9-10-18)21(25)17-11-20(24)22(12-17)19-8-6-7-14(3)15(19)4/h6-8,13,16-18H,9-12H2,1-5H3/t16-,17+/m1/s1. The van der Waals surface area contributed by atoms with Crippen molar-refractivity contribution in [2.24, 2.45) is 11.8 Å². The predicted molar refractivity (Wildman–Crippen MR) is 101 cm³/mol. The highest BCUT2D eigenvalue weighted by molar-refractivity contribution is 6.01. The number of aryl methyl sites for hydroxylation is 1. The van der Waals surface area contributed by atoms with E-state index >= 15 is 0 Å². The van der Waals surface area contributed by atoms with Crippen LogP contribution in [-0.2, 0) is 9.59 Å². The maximum atomic E-state index is 13.2. The van der Waals surface area contributed by atoms with E-state index in [1.54, 1.807) is 0 Å². The van der Waals surface area contributed by atoms with E-state index in [-0.39, 0.29) is 23.8 Å². The maximum absolute atomic E-state index is 13.2. The fourth-order valence-electron chi connectivity index (χ4n) is 3.73. The minimum Gasteiger partial charge on any atom is -0.336 e. The van der Waals surface area contributed by atoms with E-state index in [2.05, 4.69) is 38.7 Å². The van der Waals surface area contributed by atoms with Crippen molar-refractivity contribution in [3.8, 4) is 0 Å². The van der Waals surface area contributed by atoms with Gasteiger partial charge in [0.1, 0.15) is 0 Å². The molecule has 0 aromatic heterocycles. The molecule has 1 aliphatic heterocycles. The third kappa shape index (κ3) is 3.44. The molecule has 1 saturated carbocycles. The summed E-state index contributed by atoms with van der Waals surface area (Å²) < 4.78 is 0. The third-order valence-electron chi connectivity index (χ3n) is 5.94. The summed E-state index contributed by atoms with van der Waals surface area (Å²) in [6.45, 7) is 11.1. The van der Waals surface area contributed by atoms with Gasteiger partial charge in [-0.05, 0) is 56.7 Å². The average Bonchev–Trinajstić information content (AvgIpc) is 3.32. The van der Waals surface area contributed by atoms with Crippen molar-refractivity contribution in [3.63, 3.8) is 0 Å². The van der Waals surface area contributed by atoms with Crippen molar-refractivity contribution in [1.82, 2.24) is 4.90 Å². The van der Waals surface area contributed by atoms with Gasteiger partial charge in [0.25, 0.3) is 0 Å². The Bertz CT molecular complexity index is 678. The number of carbonyl (C=O) groups is 2. The second-order valence-corrected chi connectivity index (χ2v) is 8.09. The molecule has 1 aliphatic carbocycles. The number of benzene rings is 1. The van der Waals surface area contributed by atoms with Gasteiger partial charge in [0.2, 0.25) is 11.8 Å². The van der Waals surface area contributed by atoms with Crippen LogP contribution >= 0.6 is 0 Å². The Balaban J connectivity index is 1.79. The van der Waals surface area contributed by atoms with Gasteiger partial charge in [0, 0.05) is 30.7 Å². The van der Waals surface area contributed by atoms with Crippen molar-refractivity contribution in [2.75, 3.05) is 11.4 Å². The lowest BCUT2D eigenvalue weighted by Gasteiger charge is -2.34. The van der Waals surface area contributed by atoms with Gasteiger partial charge in [-0.3, -0.25) is 9.59 Å². The molecule has 2 fully saturated rings. The first-order chi connectivity index (χ1) is 11.8. The minimum atomic E-state index is -0.214. The zero-order chi connectivity index (χ0) is 18.3. The van der Waals surface area contributed by atoms with E-state index in [1.165, 1.54) is 5.56 Å². The normalized spacial score (nSPS) is 21.8. The van der Waals surface area contributed by atoms with Crippen LogP contribution in [0, 0.1) is 25.7 Å². The number of nitrogens with zero attached hydrogens (tertiary/aromatic N) is 2. The van der Waals surface area contributed by atoms with E-state index in [0.717, 1.165) is 24.1 Å². The molecule has 0 N–H and O–H groups in total. The molecule has 0 spiro atoms. The molecular formula is C21H30N2O2. The predicted octanol–water partition coefficient (Wildman–Crippen LogP) is 3.69. The highest BCUT2D eigenvalue weighted by atomic mass is 16.2. The molecule has 25 heavy (non-hydrogen) atoms. The van der Waals surface area contributed by atoms with Crippen LogP contribution in [0.5, 0.6) is 0 Å². The molecule has 0 bridgehead atoms. The van der Waals surface area contributed by atoms with E-state index in [1.807, 2.05) is 24.0 Å². The van der Waals surface area contributed by atoms with Gasteiger partial charge in [-0.2, -0.15) is 0 Å². The third-order valence-corrected chi connectivity index (χ3v) is 5.94. The number of anilines is 1. The van der Waals surface area contributed by atoms with Crippen LogP contribution in [0.2, 0.25) is 0 Å². The van der Waals surface area contributed by atoms with Gasteiger partial charge >= 0.3 is 0 Å². The number of rotatable bonds is 5. The molecule has 4 nitrogen and oxygen atoms in total. The van der Waals surface area contributed by atoms with Crippen LogP contribution in [0.15, 0.2) is 18.2 Å². The van der Waals surface area contributed by atoms with E-state index in [0.29, 0.717) is 24.9 Å². The fourth-order valence-corrected chi connectivity index (χ4v) is 3.73. The quantitative estimate of drug-likeness (QED) is 0.819. The van der Waals surface area contributed by atoms with Gasteiger partial charge in [-0.1, -0.05) is 26.0 Å². The van der Waals surface area contributed by atoms with Crippen molar-refractivity contribution in [1.29, 1.82) is 0 Å². The molecule has 136 valence electrons. The Labute approximate surface area is 151 Å². The van der Waals surface area contributed by atoms with Crippen LogP contribution < -0.4 is 4.90 Å². The molecule has 3 rings (SSSR count). The monoisotopic (exact) mass is 342 g/mol. The minimum absolute atomic E-state index is 0.0694. The molecular weight excluding hydrogens is 312 g/mol. The van der Waals surface area contributed by atoms with Crippen LogP contribution in [0.4, 0.5) is 5.69 Å². The molecule has 1 aromatic rings. The smallest absolute Gasteiger partial charge is 0.228 e. The van der Waals surface area contributed by atoms with Crippen LogP contribution in [0.3, 0.4) is 0 Å².